The summed E-state index contributed by atoms with van der Waals surface area (Å²) in [7, 11) is -3.74. The maximum absolute atomic E-state index is 12.4. The highest BCUT2D eigenvalue weighted by atomic mass is 79.9. The van der Waals surface area contributed by atoms with Gasteiger partial charge in [0.15, 0.2) is 0 Å². The maximum Gasteiger partial charge on any atom is 0.335 e. The van der Waals surface area contributed by atoms with E-state index in [0.29, 0.717) is 9.35 Å². The summed E-state index contributed by atoms with van der Waals surface area (Å²) >= 11 is 4.56. The van der Waals surface area contributed by atoms with Crippen LogP contribution in [-0.2, 0) is 10.0 Å². The summed E-state index contributed by atoms with van der Waals surface area (Å²) in [6.45, 7) is 3.56. The number of rotatable bonds is 4. The second kappa shape index (κ2) is 5.78. The molecule has 0 aliphatic rings. The van der Waals surface area contributed by atoms with Crippen LogP contribution in [-0.4, -0.2) is 19.5 Å². The fourth-order valence-electron chi connectivity index (χ4n) is 1.86. The maximum atomic E-state index is 12.4. The van der Waals surface area contributed by atoms with Crippen LogP contribution < -0.4 is 4.72 Å². The minimum atomic E-state index is -3.74. The first-order valence-corrected chi connectivity index (χ1v) is 8.92. The molecule has 0 bridgehead atoms. The van der Waals surface area contributed by atoms with Crippen molar-refractivity contribution in [2.75, 3.05) is 4.72 Å². The average Bonchev–Trinajstić information content (AvgIpc) is 2.67. The van der Waals surface area contributed by atoms with E-state index >= 15 is 0 Å². The lowest BCUT2D eigenvalue weighted by Crippen LogP contribution is -2.13. The Bertz CT molecular complexity index is 812. The van der Waals surface area contributed by atoms with Gasteiger partial charge in [0, 0.05) is 14.2 Å². The van der Waals surface area contributed by atoms with Gasteiger partial charge in [0.2, 0.25) is 0 Å². The summed E-state index contributed by atoms with van der Waals surface area (Å²) in [5, 5.41) is 9.00. The van der Waals surface area contributed by atoms with E-state index in [9.17, 15) is 13.2 Å². The highest BCUT2D eigenvalue weighted by molar-refractivity contribution is 9.10. The van der Waals surface area contributed by atoms with E-state index in [1.54, 1.807) is 13.0 Å². The molecule has 21 heavy (non-hydrogen) atoms. The van der Waals surface area contributed by atoms with Crippen molar-refractivity contribution in [3.8, 4) is 0 Å². The minimum Gasteiger partial charge on any atom is -0.478 e. The van der Waals surface area contributed by atoms with Crippen LogP contribution in [0.1, 0.15) is 20.1 Å². The Balaban J connectivity index is 2.41. The molecule has 0 radical (unpaired) electrons. The first-order chi connectivity index (χ1) is 9.69. The molecule has 2 aromatic rings. The summed E-state index contributed by atoms with van der Waals surface area (Å²) in [6, 6.07) is 5.79. The molecular formula is C13H12BrNO4S2. The number of carboxylic acid groups (broad SMARTS) is 1. The van der Waals surface area contributed by atoms with Crippen LogP contribution in [0.25, 0.3) is 0 Å². The van der Waals surface area contributed by atoms with Gasteiger partial charge in [-0.2, -0.15) is 0 Å². The van der Waals surface area contributed by atoms with Crippen molar-refractivity contribution >= 4 is 48.9 Å². The lowest BCUT2D eigenvalue weighted by Gasteiger charge is -2.09. The fourth-order valence-corrected chi connectivity index (χ4v) is 4.95. The third-order valence-corrected chi connectivity index (χ3v) is 5.74. The van der Waals surface area contributed by atoms with Crippen molar-refractivity contribution in [1.82, 2.24) is 0 Å². The quantitative estimate of drug-likeness (QED) is 0.835. The number of aryl methyl sites for hydroxylation is 2. The van der Waals surface area contributed by atoms with Crippen LogP contribution in [0.2, 0.25) is 0 Å². The highest BCUT2D eigenvalue weighted by Crippen LogP contribution is 2.28. The standard InChI is InChI=1S/C13H12BrNO4S2/c1-7-3-12(8(2)20-7)21(18,19)15-11-5-9(13(16)17)4-10(14)6-11/h3-6,15H,1-2H3,(H,16,17). The number of benzene rings is 1. The first-order valence-electron chi connectivity index (χ1n) is 5.83. The molecule has 112 valence electrons. The molecule has 0 spiro atoms. The van der Waals surface area contributed by atoms with E-state index in [2.05, 4.69) is 20.7 Å². The SMILES string of the molecule is Cc1cc(S(=O)(=O)Nc2cc(Br)cc(C(=O)O)c2)c(C)s1. The van der Waals surface area contributed by atoms with E-state index in [4.69, 9.17) is 5.11 Å². The zero-order valence-corrected chi connectivity index (χ0v) is 14.4. The Morgan fingerprint density at radius 2 is 1.90 bits per heavy atom. The van der Waals surface area contributed by atoms with Crippen LogP contribution in [0.5, 0.6) is 0 Å². The number of carbonyl (C=O) groups is 1. The number of aromatic carboxylic acids is 1. The second-order valence-corrected chi connectivity index (χ2v) is 8.44. The predicted molar refractivity (Wildman–Crippen MR) is 85.7 cm³/mol. The van der Waals surface area contributed by atoms with Crippen LogP contribution in [0.15, 0.2) is 33.6 Å². The lowest BCUT2D eigenvalue weighted by molar-refractivity contribution is 0.0697. The zero-order valence-electron chi connectivity index (χ0n) is 11.2. The molecule has 2 N–H and O–H groups in total. The topological polar surface area (TPSA) is 83.5 Å². The molecule has 0 saturated carbocycles. The molecule has 8 heteroatoms. The number of carboxylic acids is 1. The Hall–Kier alpha value is -1.38. The summed E-state index contributed by atoms with van der Waals surface area (Å²) in [4.78, 5) is 12.8. The lowest BCUT2D eigenvalue weighted by atomic mass is 10.2. The van der Waals surface area contributed by atoms with Gasteiger partial charge in [-0.15, -0.1) is 11.3 Å². The molecule has 0 aliphatic heterocycles. The van der Waals surface area contributed by atoms with Crippen molar-refractivity contribution in [1.29, 1.82) is 0 Å². The van der Waals surface area contributed by atoms with Crippen molar-refractivity contribution in [3.05, 3.63) is 44.1 Å². The Morgan fingerprint density at radius 1 is 1.24 bits per heavy atom. The molecular weight excluding hydrogens is 378 g/mol. The number of anilines is 1. The molecule has 0 atom stereocenters. The molecule has 2 rings (SSSR count). The van der Waals surface area contributed by atoms with Crippen LogP contribution in [0, 0.1) is 13.8 Å². The number of nitrogens with one attached hydrogen (secondary N) is 1. The monoisotopic (exact) mass is 389 g/mol. The molecule has 1 aromatic heterocycles. The van der Waals surface area contributed by atoms with E-state index in [1.807, 2.05) is 6.92 Å². The molecule has 1 aromatic carbocycles. The van der Waals surface area contributed by atoms with Gasteiger partial charge in [0.05, 0.1) is 11.3 Å². The minimum absolute atomic E-state index is 0.000274. The van der Waals surface area contributed by atoms with E-state index < -0.39 is 16.0 Å². The summed E-state index contributed by atoms with van der Waals surface area (Å²) in [6.07, 6.45) is 0. The van der Waals surface area contributed by atoms with Gasteiger partial charge in [0.25, 0.3) is 10.0 Å². The third kappa shape index (κ3) is 3.63. The number of halogens is 1. The smallest absolute Gasteiger partial charge is 0.335 e. The van der Waals surface area contributed by atoms with Gasteiger partial charge in [-0.05, 0) is 38.1 Å². The van der Waals surface area contributed by atoms with Gasteiger partial charge in [-0.25, -0.2) is 13.2 Å². The first kappa shape index (κ1) is 16.0. The van der Waals surface area contributed by atoms with Crippen molar-refractivity contribution in [3.63, 3.8) is 0 Å². The van der Waals surface area contributed by atoms with Gasteiger partial charge in [-0.3, -0.25) is 4.72 Å². The second-order valence-electron chi connectivity index (χ2n) is 4.42. The van der Waals surface area contributed by atoms with Gasteiger partial charge in [0.1, 0.15) is 4.90 Å². The Kier molecular flexibility index (Phi) is 4.40. The summed E-state index contributed by atoms with van der Waals surface area (Å²) in [5.74, 6) is -1.13. The van der Waals surface area contributed by atoms with Crippen molar-refractivity contribution in [2.45, 2.75) is 18.7 Å². The molecule has 1 heterocycles. The predicted octanol–water partition coefficient (Wildman–Crippen LogP) is 3.63. The summed E-state index contributed by atoms with van der Waals surface area (Å²) in [5.41, 5.74) is 0.199. The van der Waals surface area contributed by atoms with E-state index in [0.717, 1.165) is 4.88 Å². The third-order valence-electron chi connectivity index (χ3n) is 2.68. The van der Waals surface area contributed by atoms with Gasteiger partial charge < -0.3 is 5.11 Å². The molecule has 0 fully saturated rings. The van der Waals surface area contributed by atoms with E-state index in [1.165, 1.54) is 29.5 Å². The Labute approximate surface area is 134 Å². The van der Waals surface area contributed by atoms with Crippen molar-refractivity contribution < 1.29 is 18.3 Å². The number of hydrogen-bond donors (Lipinski definition) is 2. The van der Waals surface area contributed by atoms with Crippen molar-refractivity contribution in [2.24, 2.45) is 0 Å². The molecule has 0 saturated heterocycles. The van der Waals surface area contributed by atoms with E-state index in [-0.39, 0.29) is 16.1 Å². The van der Waals surface area contributed by atoms with Crippen LogP contribution in [0.4, 0.5) is 5.69 Å². The number of thiophene rings is 1. The number of sulfonamides is 1. The van der Waals surface area contributed by atoms with Crippen LogP contribution >= 0.6 is 27.3 Å². The zero-order chi connectivity index (χ0) is 15.8. The molecule has 0 amide bonds. The molecule has 0 unspecified atom stereocenters. The van der Waals surface area contributed by atoms with Gasteiger partial charge in [-0.1, -0.05) is 15.9 Å². The highest BCUT2D eigenvalue weighted by Gasteiger charge is 2.20. The molecule has 0 aliphatic carbocycles. The fraction of sp³-hybridized carbons (Fsp3) is 0.154. The van der Waals surface area contributed by atoms with Crippen LogP contribution in [0.3, 0.4) is 0 Å². The van der Waals surface area contributed by atoms with Gasteiger partial charge >= 0.3 is 5.97 Å². The largest absolute Gasteiger partial charge is 0.478 e. The number of hydrogen-bond acceptors (Lipinski definition) is 4. The Morgan fingerprint density at radius 3 is 2.43 bits per heavy atom. The average molecular weight is 390 g/mol. The molecule has 5 nitrogen and oxygen atoms in total. The normalized spacial score (nSPS) is 11.4. The summed E-state index contributed by atoms with van der Waals surface area (Å²) < 4.78 is 27.6.